The number of hydrogen-bond acceptors (Lipinski definition) is 7. The standard InChI is InChI=1S/C20H22N3O6P/c1-3-28-30(27,29-4-2)12-13-5-7-15(8-6-13)21-11-17-16-9-14(20(25)26)10-22-18(16)23-19(17)24/h5-11,17H,3-4,12H2,1-2H3,(H,25,26)(H,22,23,24). The second kappa shape index (κ2) is 9.30. The Morgan fingerprint density at radius 3 is 2.53 bits per heavy atom. The SMILES string of the molecule is CCOP(=O)(Cc1ccc(N=CC2C(=O)Nc3ncc(C(=O)O)cc32)cc1)OCC. The lowest BCUT2D eigenvalue weighted by atomic mass is 10.0. The van der Waals surface area contributed by atoms with Gasteiger partial charge in [0, 0.05) is 18.0 Å². The Labute approximate surface area is 173 Å². The van der Waals surface area contributed by atoms with Crippen molar-refractivity contribution in [1.82, 2.24) is 4.98 Å². The van der Waals surface area contributed by atoms with E-state index in [1.165, 1.54) is 18.5 Å². The average Bonchev–Trinajstić information content (AvgIpc) is 3.02. The zero-order valence-electron chi connectivity index (χ0n) is 16.6. The van der Waals surface area contributed by atoms with Crippen LogP contribution in [0.25, 0.3) is 0 Å². The number of carboxylic acids is 1. The van der Waals surface area contributed by atoms with Crippen LogP contribution in [0.4, 0.5) is 11.5 Å². The van der Waals surface area contributed by atoms with Crippen molar-refractivity contribution in [2.45, 2.75) is 25.9 Å². The topological polar surface area (TPSA) is 127 Å². The molecule has 1 aromatic heterocycles. The van der Waals surface area contributed by atoms with Gasteiger partial charge in [0.05, 0.1) is 30.6 Å². The zero-order valence-corrected chi connectivity index (χ0v) is 17.5. The number of anilines is 1. The van der Waals surface area contributed by atoms with Crippen molar-refractivity contribution in [3.63, 3.8) is 0 Å². The fourth-order valence-corrected chi connectivity index (χ4v) is 4.72. The van der Waals surface area contributed by atoms with Gasteiger partial charge in [-0.2, -0.15) is 0 Å². The maximum atomic E-state index is 12.6. The Hall–Kier alpha value is -2.87. The molecule has 1 aliphatic heterocycles. The first-order valence-electron chi connectivity index (χ1n) is 9.40. The fourth-order valence-electron chi connectivity index (χ4n) is 3.02. The predicted octanol–water partition coefficient (Wildman–Crippen LogP) is 3.98. The highest BCUT2D eigenvalue weighted by molar-refractivity contribution is 7.53. The summed E-state index contributed by atoms with van der Waals surface area (Å²) in [5, 5.41) is 11.7. The summed E-state index contributed by atoms with van der Waals surface area (Å²) in [5.41, 5.74) is 1.83. The Morgan fingerprint density at radius 1 is 1.27 bits per heavy atom. The third kappa shape index (κ3) is 4.99. The summed E-state index contributed by atoms with van der Waals surface area (Å²) in [7, 11) is -3.19. The number of rotatable bonds is 9. The molecule has 0 aliphatic carbocycles. The minimum Gasteiger partial charge on any atom is -0.478 e. The van der Waals surface area contributed by atoms with Crippen LogP contribution in [0.3, 0.4) is 0 Å². The molecule has 1 aromatic carbocycles. The van der Waals surface area contributed by atoms with Gasteiger partial charge in [0.25, 0.3) is 0 Å². The number of carboxylic acid groups (broad SMARTS) is 1. The van der Waals surface area contributed by atoms with Crippen molar-refractivity contribution in [2.75, 3.05) is 18.5 Å². The summed E-state index contributed by atoms with van der Waals surface area (Å²) in [6, 6.07) is 8.41. The van der Waals surface area contributed by atoms with E-state index < -0.39 is 19.5 Å². The van der Waals surface area contributed by atoms with E-state index in [-0.39, 0.29) is 17.6 Å². The van der Waals surface area contributed by atoms with Crippen LogP contribution in [0.15, 0.2) is 41.5 Å². The number of nitrogens with zero attached hydrogens (tertiary/aromatic N) is 2. The number of aromatic nitrogens is 1. The van der Waals surface area contributed by atoms with Crippen molar-refractivity contribution in [2.24, 2.45) is 4.99 Å². The molecule has 10 heteroatoms. The molecule has 1 atom stereocenters. The van der Waals surface area contributed by atoms with Crippen LogP contribution in [-0.4, -0.2) is 41.4 Å². The van der Waals surface area contributed by atoms with E-state index in [0.29, 0.717) is 30.3 Å². The highest BCUT2D eigenvalue weighted by atomic mass is 31.2. The number of hydrogen-bond donors (Lipinski definition) is 2. The van der Waals surface area contributed by atoms with Crippen LogP contribution < -0.4 is 5.32 Å². The smallest absolute Gasteiger partial charge is 0.337 e. The second-order valence-electron chi connectivity index (χ2n) is 6.48. The summed E-state index contributed by atoms with van der Waals surface area (Å²) in [5.74, 6) is -1.84. The first kappa shape index (κ1) is 21.8. The number of amides is 1. The van der Waals surface area contributed by atoms with Gasteiger partial charge in [0.15, 0.2) is 0 Å². The molecule has 0 bridgehead atoms. The first-order chi connectivity index (χ1) is 14.3. The number of carbonyl (C=O) groups is 2. The molecule has 0 saturated heterocycles. The second-order valence-corrected chi connectivity index (χ2v) is 8.54. The molecule has 30 heavy (non-hydrogen) atoms. The summed E-state index contributed by atoms with van der Waals surface area (Å²) in [6.45, 7) is 4.11. The molecule has 2 heterocycles. The maximum absolute atomic E-state index is 12.6. The van der Waals surface area contributed by atoms with Crippen LogP contribution in [0, 0.1) is 0 Å². The van der Waals surface area contributed by atoms with Crippen molar-refractivity contribution in [1.29, 1.82) is 0 Å². The molecule has 3 rings (SSSR count). The highest BCUT2D eigenvalue weighted by Crippen LogP contribution is 2.51. The molecule has 0 saturated carbocycles. The lowest BCUT2D eigenvalue weighted by molar-refractivity contribution is -0.115. The number of aliphatic imine (C=N–C) groups is 1. The summed E-state index contributed by atoms with van der Waals surface area (Å²) in [6.07, 6.45) is 2.80. The van der Waals surface area contributed by atoms with Crippen molar-refractivity contribution >= 4 is 37.2 Å². The van der Waals surface area contributed by atoms with Crippen LogP contribution in [0.1, 0.15) is 41.3 Å². The lowest BCUT2D eigenvalue weighted by Gasteiger charge is -2.16. The van der Waals surface area contributed by atoms with Gasteiger partial charge in [-0.05, 0) is 37.6 Å². The molecule has 1 unspecified atom stereocenters. The number of fused-ring (bicyclic) bond motifs is 1. The maximum Gasteiger partial charge on any atom is 0.337 e. The van der Waals surface area contributed by atoms with E-state index in [4.69, 9.17) is 14.2 Å². The van der Waals surface area contributed by atoms with Crippen molar-refractivity contribution < 1.29 is 28.3 Å². The van der Waals surface area contributed by atoms with Gasteiger partial charge in [-0.1, -0.05) is 12.1 Å². The summed E-state index contributed by atoms with van der Waals surface area (Å²) >= 11 is 0. The molecular formula is C20H22N3O6P. The Morgan fingerprint density at radius 2 is 1.93 bits per heavy atom. The van der Waals surface area contributed by atoms with Gasteiger partial charge in [-0.15, -0.1) is 0 Å². The van der Waals surface area contributed by atoms with E-state index in [2.05, 4.69) is 15.3 Å². The van der Waals surface area contributed by atoms with Gasteiger partial charge in [-0.3, -0.25) is 14.4 Å². The molecule has 2 aromatic rings. The van der Waals surface area contributed by atoms with Crippen LogP contribution >= 0.6 is 7.60 Å². The number of aromatic carboxylic acids is 1. The van der Waals surface area contributed by atoms with E-state index in [1.807, 2.05) is 0 Å². The van der Waals surface area contributed by atoms with E-state index in [9.17, 15) is 14.2 Å². The number of carbonyl (C=O) groups excluding carboxylic acids is 1. The third-order valence-corrected chi connectivity index (χ3v) is 6.42. The van der Waals surface area contributed by atoms with Crippen LogP contribution in [0.2, 0.25) is 0 Å². The molecule has 0 radical (unpaired) electrons. The van der Waals surface area contributed by atoms with Crippen LogP contribution in [-0.2, 0) is 24.6 Å². The molecule has 2 N–H and O–H groups in total. The van der Waals surface area contributed by atoms with Gasteiger partial charge in [-0.25, -0.2) is 9.78 Å². The average molecular weight is 431 g/mol. The largest absolute Gasteiger partial charge is 0.478 e. The number of nitrogens with one attached hydrogen (secondary N) is 1. The van der Waals surface area contributed by atoms with Gasteiger partial charge in [0.2, 0.25) is 5.91 Å². The summed E-state index contributed by atoms with van der Waals surface area (Å²) in [4.78, 5) is 31.7. The Kier molecular flexibility index (Phi) is 6.77. The first-order valence-corrected chi connectivity index (χ1v) is 11.1. The number of pyridine rings is 1. The van der Waals surface area contributed by atoms with E-state index >= 15 is 0 Å². The zero-order chi connectivity index (χ0) is 21.7. The molecule has 0 fully saturated rings. The van der Waals surface area contributed by atoms with Crippen LogP contribution in [0.5, 0.6) is 0 Å². The van der Waals surface area contributed by atoms with E-state index in [0.717, 1.165) is 5.56 Å². The van der Waals surface area contributed by atoms with Crippen molar-refractivity contribution in [3.8, 4) is 0 Å². The van der Waals surface area contributed by atoms with Gasteiger partial charge >= 0.3 is 13.6 Å². The molecule has 1 aliphatic rings. The molecule has 158 valence electrons. The van der Waals surface area contributed by atoms with Gasteiger partial charge < -0.3 is 19.5 Å². The minimum absolute atomic E-state index is 0.000953. The highest BCUT2D eigenvalue weighted by Gasteiger charge is 2.31. The fraction of sp³-hybridized carbons (Fsp3) is 0.300. The minimum atomic E-state index is -3.19. The Bertz CT molecular complexity index is 1010. The quantitative estimate of drug-likeness (QED) is 0.454. The molecule has 1 amide bonds. The molecule has 9 nitrogen and oxygen atoms in total. The lowest BCUT2D eigenvalue weighted by Crippen LogP contribution is -2.13. The molecule has 0 spiro atoms. The van der Waals surface area contributed by atoms with Gasteiger partial charge in [0.1, 0.15) is 11.7 Å². The monoisotopic (exact) mass is 431 g/mol. The normalized spacial score (nSPS) is 15.9. The molecular weight excluding hydrogens is 409 g/mol. The third-order valence-electron chi connectivity index (χ3n) is 4.36. The van der Waals surface area contributed by atoms with Crippen molar-refractivity contribution in [3.05, 3.63) is 53.2 Å². The summed E-state index contributed by atoms with van der Waals surface area (Å²) < 4.78 is 23.2. The number of benzene rings is 1. The predicted molar refractivity (Wildman–Crippen MR) is 112 cm³/mol. The Balaban J connectivity index is 1.75. The van der Waals surface area contributed by atoms with E-state index in [1.54, 1.807) is 38.1 Å².